The Bertz CT molecular complexity index is 1430. The van der Waals surface area contributed by atoms with Gasteiger partial charge in [0.05, 0.1) is 10.9 Å². The fraction of sp³-hybridized carbons (Fsp3) is 0.667. The Morgan fingerprint density at radius 1 is 0.975 bits per heavy atom. The van der Waals surface area contributed by atoms with Crippen LogP contribution in [-0.2, 0) is 21.9 Å². The second-order valence-corrected chi connectivity index (χ2v) is 15.0. The number of amides is 2. The number of hydrogen-bond acceptors (Lipinski definition) is 6. The lowest BCUT2D eigenvalue weighted by Crippen LogP contribution is -2.69. The van der Waals surface area contributed by atoms with Gasteiger partial charge in [0.1, 0.15) is 11.9 Å². The summed E-state index contributed by atoms with van der Waals surface area (Å²) in [4.78, 5) is 20.5. The molecule has 0 radical (unpaired) electrons. The van der Waals surface area contributed by atoms with Crippen LogP contribution in [-0.4, -0.2) is 75.8 Å². The minimum absolute atomic E-state index is 0.101. The quantitative estimate of drug-likeness (QED) is 0.580. The number of halogens is 3. The SMILES string of the molecule is O=C(N1CC2(CC(n3cnc(C4(O)CC4)n3)C2)C1)N1CC2(CC[C@@H](Cc3ccc(S(=O)(=O)C(F)(F)F)cc3)C2)C1. The first kappa shape index (κ1) is 26.2. The molecular formula is C27H32F3N5O4S. The van der Waals surface area contributed by atoms with Crippen LogP contribution in [0.4, 0.5) is 18.0 Å². The minimum Gasteiger partial charge on any atom is -0.382 e. The molecule has 0 unspecified atom stereocenters. The average molecular weight is 580 g/mol. The average Bonchev–Trinajstić information content (AvgIpc) is 3.22. The molecule has 3 aliphatic carbocycles. The lowest BCUT2D eigenvalue weighted by atomic mass is 9.60. The first-order valence-electron chi connectivity index (χ1n) is 13.9. The van der Waals surface area contributed by atoms with Gasteiger partial charge in [0.15, 0.2) is 5.82 Å². The summed E-state index contributed by atoms with van der Waals surface area (Å²) in [6, 6.07) is 5.40. The zero-order valence-corrected chi connectivity index (χ0v) is 22.8. The minimum atomic E-state index is -5.33. The van der Waals surface area contributed by atoms with Gasteiger partial charge >= 0.3 is 11.5 Å². The molecule has 1 aromatic carbocycles. The fourth-order valence-corrected chi connectivity index (χ4v) is 8.21. The highest BCUT2D eigenvalue weighted by molar-refractivity contribution is 7.92. The van der Waals surface area contributed by atoms with Gasteiger partial charge in [0.2, 0.25) is 0 Å². The van der Waals surface area contributed by atoms with E-state index in [-0.39, 0.29) is 22.9 Å². The predicted octanol–water partition coefficient (Wildman–Crippen LogP) is 3.65. The number of sulfone groups is 1. The van der Waals surface area contributed by atoms with Crippen molar-refractivity contribution in [3.8, 4) is 0 Å². The Morgan fingerprint density at radius 2 is 1.60 bits per heavy atom. The molecule has 2 spiro atoms. The number of carbonyl (C=O) groups excluding carboxylic acids is 1. The van der Waals surface area contributed by atoms with Crippen LogP contribution in [0.3, 0.4) is 0 Å². The molecule has 3 saturated carbocycles. The maximum atomic E-state index is 13.1. The van der Waals surface area contributed by atoms with Crippen molar-refractivity contribution in [2.75, 3.05) is 26.2 Å². The van der Waals surface area contributed by atoms with E-state index in [1.54, 1.807) is 6.33 Å². The van der Waals surface area contributed by atoms with Crippen LogP contribution in [0.25, 0.3) is 0 Å². The van der Waals surface area contributed by atoms with Gasteiger partial charge in [-0.25, -0.2) is 22.9 Å². The third-order valence-corrected chi connectivity index (χ3v) is 11.4. The summed E-state index contributed by atoms with van der Waals surface area (Å²) in [6.45, 7) is 3.00. The van der Waals surface area contributed by atoms with Crippen LogP contribution in [0.5, 0.6) is 0 Å². The first-order chi connectivity index (χ1) is 18.8. The molecule has 5 aliphatic rings. The Morgan fingerprint density at radius 3 is 2.20 bits per heavy atom. The van der Waals surface area contributed by atoms with Crippen molar-refractivity contribution < 1.29 is 31.5 Å². The topological polar surface area (TPSA) is 109 Å². The molecule has 5 fully saturated rings. The van der Waals surface area contributed by atoms with Gasteiger partial charge in [-0.05, 0) is 75.0 Å². The van der Waals surface area contributed by atoms with Crippen LogP contribution in [0.15, 0.2) is 35.5 Å². The summed E-state index contributed by atoms with van der Waals surface area (Å²) in [5.41, 5.74) is -5.03. The zero-order valence-electron chi connectivity index (χ0n) is 22.0. The molecule has 2 aromatic rings. The van der Waals surface area contributed by atoms with Crippen LogP contribution < -0.4 is 0 Å². The van der Waals surface area contributed by atoms with Gasteiger partial charge in [0.25, 0.3) is 9.84 Å². The van der Waals surface area contributed by atoms with E-state index in [0.717, 1.165) is 88.8 Å². The normalized spacial score (nSPS) is 26.4. The zero-order chi connectivity index (χ0) is 28.1. The molecule has 0 bridgehead atoms. The third-order valence-electron chi connectivity index (χ3n) is 9.87. The number of nitrogens with zero attached hydrogens (tertiary/aromatic N) is 5. The number of rotatable bonds is 5. The summed E-state index contributed by atoms with van der Waals surface area (Å²) in [5.74, 6) is 0.883. The molecule has 9 nitrogen and oxygen atoms in total. The molecule has 1 atom stereocenters. The van der Waals surface area contributed by atoms with Gasteiger partial charge < -0.3 is 14.9 Å². The van der Waals surface area contributed by atoms with Crippen molar-refractivity contribution in [2.45, 2.75) is 73.4 Å². The summed E-state index contributed by atoms with van der Waals surface area (Å²) in [6.07, 6.45) is 8.73. The highest BCUT2D eigenvalue weighted by Crippen LogP contribution is 2.55. The Hall–Kier alpha value is -2.67. The van der Waals surface area contributed by atoms with E-state index in [2.05, 4.69) is 10.1 Å². The van der Waals surface area contributed by atoms with Crippen molar-refractivity contribution in [3.63, 3.8) is 0 Å². The van der Waals surface area contributed by atoms with Crippen LogP contribution in [0.1, 0.15) is 62.4 Å². The van der Waals surface area contributed by atoms with E-state index in [1.165, 1.54) is 12.1 Å². The van der Waals surface area contributed by atoms with Crippen LogP contribution >= 0.6 is 0 Å². The number of urea groups is 1. The highest BCUT2D eigenvalue weighted by atomic mass is 32.2. The molecular weight excluding hydrogens is 547 g/mol. The van der Waals surface area contributed by atoms with Crippen molar-refractivity contribution in [3.05, 3.63) is 42.0 Å². The van der Waals surface area contributed by atoms with Gasteiger partial charge in [-0.1, -0.05) is 12.1 Å². The number of carbonyl (C=O) groups is 1. The van der Waals surface area contributed by atoms with E-state index in [0.29, 0.717) is 18.2 Å². The van der Waals surface area contributed by atoms with E-state index in [1.807, 2.05) is 14.5 Å². The molecule has 1 N–H and O–H groups in total. The molecule has 1 aromatic heterocycles. The van der Waals surface area contributed by atoms with Crippen molar-refractivity contribution in [1.82, 2.24) is 24.6 Å². The highest BCUT2D eigenvalue weighted by Gasteiger charge is 2.58. The second kappa shape index (κ2) is 8.43. The number of benzene rings is 1. The number of likely N-dealkylation sites (tertiary alicyclic amines) is 2. The monoisotopic (exact) mass is 579 g/mol. The van der Waals surface area contributed by atoms with Gasteiger partial charge in [-0.3, -0.25) is 0 Å². The molecule has 2 saturated heterocycles. The van der Waals surface area contributed by atoms with E-state index in [4.69, 9.17) is 0 Å². The van der Waals surface area contributed by atoms with Crippen molar-refractivity contribution in [1.29, 1.82) is 0 Å². The predicted molar refractivity (Wildman–Crippen MR) is 136 cm³/mol. The lowest BCUT2D eigenvalue weighted by Gasteiger charge is -2.60. The second-order valence-electron chi connectivity index (χ2n) is 13.0. The Kier molecular flexibility index (Phi) is 5.53. The van der Waals surface area contributed by atoms with Gasteiger partial charge in [-0.2, -0.15) is 18.3 Å². The number of aliphatic hydroxyl groups is 1. The molecule has 7 rings (SSSR count). The van der Waals surface area contributed by atoms with Crippen LogP contribution in [0, 0.1) is 16.7 Å². The van der Waals surface area contributed by atoms with E-state index in [9.17, 15) is 31.5 Å². The smallest absolute Gasteiger partial charge is 0.382 e. The van der Waals surface area contributed by atoms with Gasteiger partial charge in [-0.15, -0.1) is 0 Å². The summed E-state index contributed by atoms with van der Waals surface area (Å²) < 4.78 is 63.4. The molecule has 216 valence electrons. The largest absolute Gasteiger partial charge is 0.501 e. The summed E-state index contributed by atoms with van der Waals surface area (Å²) >= 11 is 0. The summed E-state index contributed by atoms with van der Waals surface area (Å²) in [7, 11) is -5.33. The molecule has 3 heterocycles. The standard InChI is InChI=1S/C27H32F3N5O4S/c28-27(29,30)40(38,39)21-3-1-18(2-4-21)9-19-5-6-24(10-19)13-33(14-24)23(36)34-15-25(16-34)11-20(12-25)35-17-31-22(32-35)26(37)7-8-26/h1-4,17,19-20,37H,5-16H2/t19-/m0/s1. The van der Waals surface area contributed by atoms with Crippen LogP contribution in [0.2, 0.25) is 0 Å². The molecule has 40 heavy (non-hydrogen) atoms. The maximum Gasteiger partial charge on any atom is 0.501 e. The van der Waals surface area contributed by atoms with Gasteiger partial charge in [0, 0.05) is 37.0 Å². The Balaban J connectivity index is 0.862. The van der Waals surface area contributed by atoms with Crippen molar-refractivity contribution >= 4 is 15.9 Å². The molecule has 2 amide bonds. The Labute approximate surface area is 230 Å². The number of alkyl halides is 3. The lowest BCUT2D eigenvalue weighted by molar-refractivity contribution is -0.0849. The number of aromatic nitrogens is 3. The van der Waals surface area contributed by atoms with E-state index >= 15 is 0 Å². The fourth-order valence-electron chi connectivity index (χ4n) is 7.45. The molecule has 2 aliphatic heterocycles. The molecule has 13 heteroatoms. The summed E-state index contributed by atoms with van der Waals surface area (Å²) in [5, 5.41) is 14.7. The van der Waals surface area contributed by atoms with Crippen molar-refractivity contribution in [2.24, 2.45) is 16.7 Å². The van der Waals surface area contributed by atoms with E-state index < -0.39 is 25.8 Å². The maximum absolute atomic E-state index is 13.1. The third kappa shape index (κ3) is 4.22. The first-order valence-corrected chi connectivity index (χ1v) is 15.4. The number of hydrogen-bond donors (Lipinski definition) is 1.